The van der Waals surface area contributed by atoms with Gasteiger partial charge >= 0.3 is 0 Å². The van der Waals surface area contributed by atoms with Crippen LogP contribution in [0.5, 0.6) is 0 Å². The Labute approximate surface area is 252 Å². The molecule has 0 heterocycles. The fourth-order valence-electron chi connectivity index (χ4n) is 5.51. The van der Waals surface area contributed by atoms with Crippen molar-refractivity contribution in [2.45, 2.75) is 26.2 Å². The van der Waals surface area contributed by atoms with E-state index in [1.54, 1.807) is 0 Å². The minimum atomic E-state index is 0.415. The number of hydrogen-bond donors (Lipinski definition) is 0. The number of rotatable bonds is 10. The summed E-state index contributed by atoms with van der Waals surface area (Å²) < 4.78 is 0. The van der Waals surface area contributed by atoms with E-state index in [4.69, 9.17) is 0 Å². The van der Waals surface area contributed by atoms with Crippen molar-refractivity contribution in [1.82, 2.24) is 0 Å². The number of benzene rings is 3. The van der Waals surface area contributed by atoms with Crippen LogP contribution in [-0.4, -0.2) is 0 Å². The summed E-state index contributed by atoms with van der Waals surface area (Å²) in [5.41, 5.74) is 10.0. The summed E-state index contributed by atoms with van der Waals surface area (Å²) in [6.45, 7) is 6.24. The molecule has 0 N–H and O–H groups in total. The molecule has 2 atom stereocenters. The van der Waals surface area contributed by atoms with Gasteiger partial charge in [-0.3, -0.25) is 0 Å². The molecule has 208 valence electrons. The SMILES string of the molecule is C=C/C=C(\C=C/C/C=C(/c1ccccc1)C1C=CC=CC1)c1ccc(/C=C(/C2=CCC(C)C=C2)c2ccccc2)cc1. The van der Waals surface area contributed by atoms with E-state index in [1.807, 2.05) is 6.08 Å². The number of hydrogen-bond acceptors (Lipinski definition) is 0. The zero-order valence-corrected chi connectivity index (χ0v) is 24.6. The second kappa shape index (κ2) is 14.8. The van der Waals surface area contributed by atoms with E-state index in [0.29, 0.717) is 11.8 Å². The lowest BCUT2D eigenvalue weighted by Gasteiger charge is -2.18. The fraction of sp³-hybridized carbons (Fsp3) is 0.143. The van der Waals surface area contributed by atoms with Gasteiger partial charge in [-0.05, 0) is 75.8 Å². The first-order chi connectivity index (χ1) is 20.7. The molecule has 0 heteroatoms. The van der Waals surface area contributed by atoms with E-state index in [1.165, 1.54) is 39.0 Å². The summed E-state index contributed by atoms with van der Waals surface area (Å²) in [4.78, 5) is 0. The number of allylic oxidation sites excluding steroid dienone is 16. The van der Waals surface area contributed by atoms with Gasteiger partial charge in [0.15, 0.2) is 0 Å². The molecule has 0 saturated heterocycles. The fourth-order valence-corrected chi connectivity index (χ4v) is 5.51. The van der Waals surface area contributed by atoms with Crippen LogP contribution in [-0.2, 0) is 0 Å². The van der Waals surface area contributed by atoms with E-state index in [0.717, 1.165) is 24.8 Å². The van der Waals surface area contributed by atoms with Crippen molar-refractivity contribution < 1.29 is 0 Å². The van der Waals surface area contributed by atoms with Gasteiger partial charge in [-0.15, -0.1) is 0 Å². The second-order valence-electron chi connectivity index (χ2n) is 11.0. The highest BCUT2D eigenvalue weighted by Crippen LogP contribution is 2.32. The van der Waals surface area contributed by atoms with Crippen molar-refractivity contribution in [3.8, 4) is 0 Å². The minimum absolute atomic E-state index is 0.415. The molecule has 0 amide bonds. The third-order valence-electron chi connectivity index (χ3n) is 7.82. The molecule has 3 aromatic rings. The first-order valence-electron chi connectivity index (χ1n) is 15.1. The van der Waals surface area contributed by atoms with Crippen LogP contribution in [0.15, 0.2) is 170 Å². The molecule has 42 heavy (non-hydrogen) atoms. The van der Waals surface area contributed by atoms with E-state index >= 15 is 0 Å². The maximum absolute atomic E-state index is 3.97. The summed E-state index contributed by atoms with van der Waals surface area (Å²) in [7, 11) is 0. The lowest BCUT2D eigenvalue weighted by Crippen LogP contribution is -2.01. The van der Waals surface area contributed by atoms with Crippen molar-refractivity contribution in [2.75, 3.05) is 0 Å². The summed E-state index contributed by atoms with van der Waals surface area (Å²) in [6, 6.07) is 30.3. The van der Waals surface area contributed by atoms with Crippen LogP contribution in [0.4, 0.5) is 0 Å². The molecular weight excluding hydrogens is 504 g/mol. The standard InChI is InChI=1S/C42H40/c1-3-15-35(16-13-14-23-41(37-17-7-4-8-18-37)38-19-9-5-10-20-38)36-30-26-34(27-31-36)32-42(39-21-11-6-12-22-39)40-28-24-33(2)25-29-40/h3-13,15-19,21-24,26-33,38H,1,14,20,25H2,2H3/b16-13-,35-15+,41-23-,42-32+. The van der Waals surface area contributed by atoms with Crippen molar-refractivity contribution in [1.29, 1.82) is 0 Å². The van der Waals surface area contributed by atoms with Crippen LogP contribution in [0, 0.1) is 11.8 Å². The highest BCUT2D eigenvalue weighted by molar-refractivity contribution is 5.93. The van der Waals surface area contributed by atoms with Crippen LogP contribution < -0.4 is 0 Å². The van der Waals surface area contributed by atoms with Gasteiger partial charge in [0, 0.05) is 5.92 Å². The first-order valence-corrected chi connectivity index (χ1v) is 15.1. The van der Waals surface area contributed by atoms with Crippen molar-refractivity contribution >= 4 is 22.8 Å². The molecule has 0 bridgehead atoms. The van der Waals surface area contributed by atoms with Gasteiger partial charge in [0.1, 0.15) is 0 Å². The van der Waals surface area contributed by atoms with Gasteiger partial charge in [0.25, 0.3) is 0 Å². The Morgan fingerprint density at radius 2 is 1.55 bits per heavy atom. The van der Waals surface area contributed by atoms with Crippen molar-refractivity contribution in [3.05, 3.63) is 192 Å². The Morgan fingerprint density at radius 3 is 2.19 bits per heavy atom. The summed E-state index contributed by atoms with van der Waals surface area (Å²) in [6.07, 6.45) is 31.9. The quantitative estimate of drug-likeness (QED) is 0.176. The van der Waals surface area contributed by atoms with Crippen LogP contribution in [0.2, 0.25) is 0 Å². The summed E-state index contributed by atoms with van der Waals surface area (Å²) >= 11 is 0. The van der Waals surface area contributed by atoms with E-state index in [2.05, 4.69) is 171 Å². The molecule has 2 unspecified atom stereocenters. The molecule has 2 aliphatic rings. The summed E-state index contributed by atoms with van der Waals surface area (Å²) in [5.74, 6) is 1.01. The monoisotopic (exact) mass is 544 g/mol. The van der Waals surface area contributed by atoms with Crippen LogP contribution in [0.1, 0.15) is 48.4 Å². The lowest BCUT2D eigenvalue weighted by molar-refractivity contribution is 0.734. The average molecular weight is 545 g/mol. The van der Waals surface area contributed by atoms with Gasteiger partial charge in [0.2, 0.25) is 0 Å². The lowest BCUT2D eigenvalue weighted by atomic mass is 9.87. The maximum atomic E-state index is 3.97. The van der Waals surface area contributed by atoms with Crippen LogP contribution in [0.25, 0.3) is 22.8 Å². The molecule has 2 aliphatic carbocycles. The minimum Gasteiger partial charge on any atom is -0.0990 e. The molecule has 0 aliphatic heterocycles. The topological polar surface area (TPSA) is 0 Å². The zero-order valence-electron chi connectivity index (χ0n) is 24.6. The Balaban J connectivity index is 1.35. The zero-order chi connectivity index (χ0) is 29.0. The van der Waals surface area contributed by atoms with E-state index in [-0.39, 0.29) is 0 Å². The van der Waals surface area contributed by atoms with Gasteiger partial charge in [0.05, 0.1) is 0 Å². The molecule has 0 saturated carbocycles. The van der Waals surface area contributed by atoms with Gasteiger partial charge in [-0.2, -0.15) is 0 Å². The molecule has 5 rings (SSSR count). The highest BCUT2D eigenvalue weighted by atomic mass is 14.2. The summed E-state index contributed by atoms with van der Waals surface area (Å²) in [5, 5.41) is 0. The van der Waals surface area contributed by atoms with Gasteiger partial charge in [-0.1, -0.05) is 171 Å². The highest BCUT2D eigenvalue weighted by Gasteiger charge is 2.13. The largest absolute Gasteiger partial charge is 0.0990 e. The molecule has 0 fully saturated rings. The molecule has 3 aromatic carbocycles. The Kier molecular flexibility index (Phi) is 10.2. The average Bonchev–Trinajstić information content (AvgIpc) is 3.05. The van der Waals surface area contributed by atoms with Crippen LogP contribution in [0.3, 0.4) is 0 Å². The molecule has 0 nitrogen and oxygen atoms in total. The van der Waals surface area contributed by atoms with Crippen molar-refractivity contribution in [3.63, 3.8) is 0 Å². The Morgan fingerprint density at radius 1 is 0.810 bits per heavy atom. The molecular formula is C42H40. The Hall–Kier alpha value is -4.68. The van der Waals surface area contributed by atoms with Gasteiger partial charge < -0.3 is 0 Å². The molecule has 0 spiro atoms. The second-order valence-corrected chi connectivity index (χ2v) is 11.0. The molecule has 0 aromatic heterocycles. The van der Waals surface area contributed by atoms with E-state index < -0.39 is 0 Å². The smallest absolute Gasteiger partial charge is 0.00585 e. The first kappa shape index (κ1) is 28.8. The normalized spacial score (nSPS) is 19.3. The third-order valence-corrected chi connectivity index (χ3v) is 7.82. The van der Waals surface area contributed by atoms with E-state index in [9.17, 15) is 0 Å². The predicted molar refractivity (Wildman–Crippen MR) is 184 cm³/mol. The van der Waals surface area contributed by atoms with Gasteiger partial charge in [-0.25, -0.2) is 0 Å². The maximum Gasteiger partial charge on any atom is 0.00585 e. The van der Waals surface area contributed by atoms with Crippen LogP contribution >= 0.6 is 0 Å². The Bertz CT molecular complexity index is 1580. The molecule has 0 radical (unpaired) electrons. The predicted octanol–water partition coefficient (Wildman–Crippen LogP) is 11.5. The van der Waals surface area contributed by atoms with Crippen molar-refractivity contribution in [2.24, 2.45) is 11.8 Å². The third kappa shape index (κ3) is 7.74.